The van der Waals surface area contributed by atoms with Crippen LogP contribution in [0.2, 0.25) is 0 Å². The van der Waals surface area contributed by atoms with Crippen molar-refractivity contribution in [2.45, 2.75) is 11.8 Å². The summed E-state index contributed by atoms with van der Waals surface area (Å²) < 4.78 is 0. The molecule has 1 rings (SSSR count). The molecule has 0 aromatic carbocycles. The second-order valence-corrected chi connectivity index (χ2v) is 4.07. The summed E-state index contributed by atoms with van der Waals surface area (Å²) in [4.78, 5) is 15.2. The van der Waals surface area contributed by atoms with Gasteiger partial charge in [0, 0.05) is 16.8 Å². The maximum Gasteiger partial charge on any atom is 0.307 e. The molecule has 0 saturated heterocycles. The van der Waals surface area contributed by atoms with Gasteiger partial charge in [0.1, 0.15) is 6.07 Å². The average Bonchev–Trinajstić information content (AvgIpc) is 2.26. The van der Waals surface area contributed by atoms with E-state index in [1.165, 1.54) is 11.8 Å². The van der Waals surface area contributed by atoms with Crippen molar-refractivity contribution in [2.75, 3.05) is 5.75 Å². The van der Waals surface area contributed by atoms with E-state index in [9.17, 15) is 4.79 Å². The van der Waals surface area contributed by atoms with Crippen LogP contribution >= 0.6 is 11.8 Å². The molecular weight excluding hydrogens is 212 g/mol. The highest BCUT2D eigenvalue weighted by molar-refractivity contribution is 7.99. The molecule has 0 aliphatic heterocycles. The fourth-order valence-corrected chi connectivity index (χ4v) is 1.86. The lowest BCUT2D eigenvalue weighted by atomic mass is 10.2. The van der Waals surface area contributed by atoms with Gasteiger partial charge in [-0.15, -0.1) is 11.8 Å². The number of nitrogens with zero attached hydrogens (tertiary/aromatic N) is 2. The fraction of sp³-hybridized carbons (Fsp3) is 0.300. The molecule has 0 aliphatic carbocycles. The van der Waals surface area contributed by atoms with Gasteiger partial charge < -0.3 is 5.11 Å². The highest BCUT2D eigenvalue weighted by Crippen LogP contribution is 2.22. The topological polar surface area (TPSA) is 74.0 Å². The van der Waals surface area contributed by atoms with Crippen LogP contribution < -0.4 is 0 Å². The van der Waals surface area contributed by atoms with E-state index in [2.05, 4.69) is 4.98 Å². The van der Waals surface area contributed by atoms with Crippen molar-refractivity contribution in [3.63, 3.8) is 0 Å². The van der Waals surface area contributed by atoms with Crippen LogP contribution in [0.25, 0.3) is 0 Å². The molecule has 0 bridgehead atoms. The minimum Gasteiger partial charge on any atom is -0.481 e. The minimum atomic E-state index is -0.829. The molecule has 0 aliphatic rings. The molecule has 0 spiro atoms. The van der Waals surface area contributed by atoms with Crippen molar-refractivity contribution in [1.82, 2.24) is 4.98 Å². The monoisotopic (exact) mass is 222 g/mol. The summed E-state index contributed by atoms with van der Waals surface area (Å²) in [7, 11) is 0. The highest BCUT2D eigenvalue weighted by Gasteiger charge is 2.12. The Morgan fingerprint density at radius 3 is 3.13 bits per heavy atom. The molecule has 0 radical (unpaired) electrons. The molecule has 1 N–H and O–H groups in total. The summed E-state index contributed by atoms with van der Waals surface area (Å²) in [6.07, 6.45) is 1.54. The van der Waals surface area contributed by atoms with Gasteiger partial charge in [0.25, 0.3) is 0 Å². The predicted molar refractivity (Wildman–Crippen MR) is 56.5 cm³/mol. The Hall–Kier alpha value is -1.54. The number of carbonyl (C=O) groups is 1. The van der Waals surface area contributed by atoms with Crippen molar-refractivity contribution < 1.29 is 9.90 Å². The highest BCUT2D eigenvalue weighted by atomic mass is 32.2. The molecule has 15 heavy (non-hydrogen) atoms. The van der Waals surface area contributed by atoms with Gasteiger partial charge in [-0.25, -0.2) is 4.98 Å². The number of aliphatic carboxylic acids is 1. The summed E-state index contributed by atoms with van der Waals surface area (Å²) in [6.45, 7) is 1.64. The van der Waals surface area contributed by atoms with Crippen molar-refractivity contribution in [2.24, 2.45) is 5.92 Å². The van der Waals surface area contributed by atoms with Crippen LogP contribution in [-0.4, -0.2) is 21.8 Å². The van der Waals surface area contributed by atoms with Crippen molar-refractivity contribution in [1.29, 1.82) is 5.26 Å². The second-order valence-electron chi connectivity index (χ2n) is 3.01. The van der Waals surface area contributed by atoms with Crippen molar-refractivity contribution in [3.8, 4) is 6.07 Å². The SMILES string of the molecule is CC(CSc1cccnc1C#N)C(=O)O. The molecular formula is C10H10N2O2S. The van der Waals surface area contributed by atoms with Crippen LogP contribution in [0.4, 0.5) is 0 Å². The van der Waals surface area contributed by atoms with E-state index in [4.69, 9.17) is 10.4 Å². The van der Waals surface area contributed by atoms with Gasteiger partial charge >= 0.3 is 5.97 Å². The van der Waals surface area contributed by atoms with Crippen LogP contribution in [0.5, 0.6) is 0 Å². The quantitative estimate of drug-likeness (QED) is 0.786. The van der Waals surface area contributed by atoms with Gasteiger partial charge in [0.05, 0.1) is 5.92 Å². The van der Waals surface area contributed by atoms with E-state index in [1.807, 2.05) is 6.07 Å². The van der Waals surface area contributed by atoms with Gasteiger partial charge in [-0.1, -0.05) is 6.92 Å². The third-order valence-electron chi connectivity index (χ3n) is 1.79. The first-order valence-electron chi connectivity index (χ1n) is 4.36. The van der Waals surface area contributed by atoms with Crippen LogP contribution in [0.1, 0.15) is 12.6 Å². The zero-order valence-electron chi connectivity index (χ0n) is 8.17. The Balaban J connectivity index is 2.66. The first kappa shape index (κ1) is 11.5. The number of nitriles is 1. The number of rotatable bonds is 4. The number of carboxylic acid groups (broad SMARTS) is 1. The molecule has 1 aromatic rings. The summed E-state index contributed by atoms with van der Waals surface area (Å²) >= 11 is 1.34. The van der Waals surface area contributed by atoms with E-state index in [0.29, 0.717) is 11.4 Å². The normalized spacial score (nSPS) is 11.7. The second kappa shape index (κ2) is 5.37. The molecule has 0 amide bonds. The Kier molecular flexibility index (Phi) is 4.13. The Labute approximate surface area is 91.9 Å². The van der Waals surface area contributed by atoms with E-state index in [0.717, 1.165) is 4.90 Å². The smallest absolute Gasteiger partial charge is 0.307 e. The van der Waals surface area contributed by atoms with Crippen LogP contribution in [-0.2, 0) is 4.79 Å². The molecule has 5 heteroatoms. The molecule has 1 unspecified atom stereocenters. The predicted octanol–water partition coefficient (Wildman–Crippen LogP) is 1.77. The van der Waals surface area contributed by atoms with Gasteiger partial charge in [-0.2, -0.15) is 5.26 Å². The zero-order chi connectivity index (χ0) is 11.3. The third kappa shape index (κ3) is 3.26. The van der Waals surface area contributed by atoms with Gasteiger partial charge in [0.2, 0.25) is 0 Å². The number of hydrogen-bond acceptors (Lipinski definition) is 4. The Morgan fingerprint density at radius 1 is 1.80 bits per heavy atom. The van der Waals surface area contributed by atoms with Gasteiger partial charge in [-0.3, -0.25) is 4.79 Å². The largest absolute Gasteiger partial charge is 0.481 e. The fourth-order valence-electron chi connectivity index (χ4n) is 0.877. The van der Waals surface area contributed by atoms with Crippen LogP contribution in [0.15, 0.2) is 23.2 Å². The summed E-state index contributed by atoms with van der Waals surface area (Å²) in [6, 6.07) is 5.47. The third-order valence-corrected chi connectivity index (χ3v) is 3.09. The van der Waals surface area contributed by atoms with Crippen LogP contribution in [0, 0.1) is 17.2 Å². The summed E-state index contributed by atoms with van der Waals surface area (Å²) in [5, 5.41) is 17.4. The number of thioether (sulfide) groups is 1. The van der Waals surface area contributed by atoms with Crippen molar-refractivity contribution in [3.05, 3.63) is 24.0 Å². The first-order valence-corrected chi connectivity index (χ1v) is 5.34. The number of pyridine rings is 1. The van der Waals surface area contributed by atoms with Crippen molar-refractivity contribution >= 4 is 17.7 Å². The summed E-state index contributed by atoms with van der Waals surface area (Å²) in [5.74, 6) is -0.818. The standard InChI is InChI=1S/C10H10N2O2S/c1-7(10(13)14)6-15-9-3-2-4-12-8(9)5-11/h2-4,7H,6H2,1H3,(H,13,14). The molecule has 1 heterocycles. The zero-order valence-corrected chi connectivity index (χ0v) is 8.99. The lowest BCUT2D eigenvalue weighted by molar-refractivity contribution is -0.140. The number of carboxylic acids is 1. The first-order chi connectivity index (χ1) is 7.15. The lowest BCUT2D eigenvalue weighted by Crippen LogP contribution is -2.11. The molecule has 4 nitrogen and oxygen atoms in total. The number of aromatic nitrogens is 1. The molecule has 78 valence electrons. The molecule has 0 fully saturated rings. The number of hydrogen-bond donors (Lipinski definition) is 1. The molecule has 0 saturated carbocycles. The lowest BCUT2D eigenvalue weighted by Gasteiger charge is -2.05. The maximum atomic E-state index is 10.6. The Morgan fingerprint density at radius 2 is 2.53 bits per heavy atom. The summed E-state index contributed by atoms with van der Waals surface area (Å²) in [5.41, 5.74) is 0.347. The van der Waals surface area contributed by atoms with Gasteiger partial charge in [-0.05, 0) is 12.1 Å². The van der Waals surface area contributed by atoms with Crippen LogP contribution in [0.3, 0.4) is 0 Å². The van der Waals surface area contributed by atoms with E-state index < -0.39 is 11.9 Å². The minimum absolute atomic E-state index is 0.347. The van der Waals surface area contributed by atoms with E-state index in [1.54, 1.807) is 25.3 Å². The maximum absolute atomic E-state index is 10.6. The van der Waals surface area contributed by atoms with E-state index in [-0.39, 0.29) is 0 Å². The molecule has 1 atom stereocenters. The molecule has 1 aromatic heterocycles. The Bertz CT molecular complexity index is 401. The average molecular weight is 222 g/mol. The van der Waals surface area contributed by atoms with E-state index >= 15 is 0 Å². The van der Waals surface area contributed by atoms with Gasteiger partial charge in [0.15, 0.2) is 5.69 Å².